The van der Waals surface area contributed by atoms with Crippen LogP contribution in [0, 0.1) is 0 Å². The molecule has 0 unspecified atom stereocenters. The Bertz CT molecular complexity index is 1340. The SMILES string of the molecule is c1cncc(-c2nc(N3CCc4[nH]c5ccccc5c4C3)c3ccccc3n2)c1. The summed E-state index contributed by atoms with van der Waals surface area (Å²) in [4.78, 5) is 20.0. The summed E-state index contributed by atoms with van der Waals surface area (Å²) in [6.07, 6.45) is 4.57. The quantitative estimate of drug-likeness (QED) is 0.483. The second kappa shape index (κ2) is 6.41. The first-order valence-electron chi connectivity index (χ1n) is 9.87. The van der Waals surface area contributed by atoms with E-state index < -0.39 is 0 Å². The van der Waals surface area contributed by atoms with E-state index >= 15 is 0 Å². The fourth-order valence-electron chi connectivity index (χ4n) is 4.27. The van der Waals surface area contributed by atoms with Crippen LogP contribution in [0.1, 0.15) is 11.3 Å². The second-order valence-electron chi connectivity index (χ2n) is 7.43. The summed E-state index contributed by atoms with van der Waals surface area (Å²) >= 11 is 0. The van der Waals surface area contributed by atoms with Crippen molar-refractivity contribution in [2.45, 2.75) is 13.0 Å². The van der Waals surface area contributed by atoms with E-state index in [0.717, 1.165) is 47.6 Å². The lowest BCUT2D eigenvalue weighted by Gasteiger charge is -2.29. The van der Waals surface area contributed by atoms with E-state index in [1.54, 1.807) is 6.20 Å². The van der Waals surface area contributed by atoms with Crippen LogP contribution in [-0.4, -0.2) is 26.5 Å². The zero-order valence-corrected chi connectivity index (χ0v) is 15.8. The second-order valence-corrected chi connectivity index (χ2v) is 7.43. The molecule has 0 fully saturated rings. The minimum atomic E-state index is 0.719. The van der Waals surface area contributed by atoms with Crippen molar-refractivity contribution in [3.63, 3.8) is 0 Å². The molecule has 5 aromatic rings. The van der Waals surface area contributed by atoms with Crippen molar-refractivity contribution in [2.24, 2.45) is 0 Å². The Balaban J connectivity index is 1.50. The van der Waals surface area contributed by atoms with E-state index in [-0.39, 0.29) is 0 Å². The highest BCUT2D eigenvalue weighted by Gasteiger charge is 2.23. The first-order chi connectivity index (χ1) is 14.4. The Morgan fingerprint density at radius 3 is 2.62 bits per heavy atom. The van der Waals surface area contributed by atoms with Crippen molar-refractivity contribution in [3.05, 3.63) is 84.3 Å². The number of hydrogen-bond acceptors (Lipinski definition) is 4. The van der Waals surface area contributed by atoms with Crippen molar-refractivity contribution in [3.8, 4) is 11.4 Å². The molecule has 1 N–H and O–H groups in total. The van der Waals surface area contributed by atoms with Crippen molar-refractivity contribution >= 4 is 27.6 Å². The first kappa shape index (κ1) is 16.2. The Morgan fingerprint density at radius 2 is 1.72 bits per heavy atom. The number of para-hydroxylation sites is 2. The summed E-state index contributed by atoms with van der Waals surface area (Å²) in [7, 11) is 0. The standard InChI is InChI=1S/C24H19N5/c1-3-9-20-17(7-1)19-15-29(13-11-22(19)26-20)24-18-8-2-4-10-21(18)27-23(28-24)16-6-5-12-25-14-16/h1-10,12,14,26H,11,13,15H2. The molecule has 0 saturated heterocycles. The maximum atomic E-state index is 5.00. The highest BCUT2D eigenvalue weighted by molar-refractivity contribution is 5.92. The molecule has 6 rings (SSSR count). The molecule has 0 radical (unpaired) electrons. The zero-order valence-electron chi connectivity index (χ0n) is 15.8. The van der Waals surface area contributed by atoms with Crippen LogP contribution >= 0.6 is 0 Å². The Hall–Kier alpha value is -3.73. The molecule has 4 heterocycles. The molecule has 0 bridgehead atoms. The van der Waals surface area contributed by atoms with Gasteiger partial charge in [-0.05, 0) is 30.3 Å². The summed E-state index contributed by atoms with van der Waals surface area (Å²) in [6, 6.07) is 20.7. The highest BCUT2D eigenvalue weighted by atomic mass is 15.2. The van der Waals surface area contributed by atoms with Crippen LogP contribution in [0.25, 0.3) is 33.2 Å². The molecule has 1 aliphatic heterocycles. The minimum absolute atomic E-state index is 0.719. The van der Waals surface area contributed by atoms with Gasteiger partial charge in [0.2, 0.25) is 0 Å². The van der Waals surface area contributed by atoms with Gasteiger partial charge in [0.15, 0.2) is 5.82 Å². The third-order valence-corrected chi connectivity index (χ3v) is 5.69. The van der Waals surface area contributed by atoms with Gasteiger partial charge in [-0.1, -0.05) is 30.3 Å². The van der Waals surface area contributed by atoms with E-state index in [1.165, 1.54) is 22.2 Å². The van der Waals surface area contributed by atoms with E-state index in [9.17, 15) is 0 Å². The van der Waals surface area contributed by atoms with E-state index in [2.05, 4.69) is 57.3 Å². The number of hydrogen-bond donors (Lipinski definition) is 1. The predicted molar refractivity (Wildman–Crippen MR) is 116 cm³/mol. The smallest absolute Gasteiger partial charge is 0.163 e. The van der Waals surface area contributed by atoms with Crippen LogP contribution in [0.2, 0.25) is 0 Å². The third-order valence-electron chi connectivity index (χ3n) is 5.69. The fourth-order valence-corrected chi connectivity index (χ4v) is 4.27. The van der Waals surface area contributed by atoms with Gasteiger partial charge in [-0.3, -0.25) is 4.98 Å². The summed E-state index contributed by atoms with van der Waals surface area (Å²) in [6.45, 7) is 1.76. The van der Waals surface area contributed by atoms with Crippen LogP contribution in [-0.2, 0) is 13.0 Å². The third kappa shape index (κ3) is 2.66. The number of aromatic nitrogens is 4. The molecule has 29 heavy (non-hydrogen) atoms. The molecule has 3 aromatic heterocycles. The Labute approximate surface area is 168 Å². The van der Waals surface area contributed by atoms with Crippen molar-refractivity contribution in [1.82, 2.24) is 19.9 Å². The van der Waals surface area contributed by atoms with Gasteiger partial charge in [-0.2, -0.15) is 0 Å². The van der Waals surface area contributed by atoms with Gasteiger partial charge < -0.3 is 9.88 Å². The van der Waals surface area contributed by atoms with Crippen LogP contribution in [0.5, 0.6) is 0 Å². The largest absolute Gasteiger partial charge is 0.358 e. The lowest BCUT2D eigenvalue weighted by Crippen LogP contribution is -2.31. The van der Waals surface area contributed by atoms with Crippen LogP contribution in [0.4, 0.5) is 5.82 Å². The number of anilines is 1. The summed E-state index contributed by atoms with van der Waals surface area (Å²) in [5, 5.41) is 2.39. The minimum Gasteiger partial charge on any atom is -0.358 e. The van der Waals surface area contributed by atoms with Crippen LogP contribution < -0.4 is 4.90 Å². The van der Waals surface area contributed by atoms with Gasteiger partial charge in [0.25, 0.3) is 0 Å². The molecule has 1 aliphatic rings. The zero-order chi connectivity index (χ0) is 19.2. The lowest BCUT2D eigenvalue weighted by molar-refractivity contribution is 0.718. The van der Waals surface area contributed by atoms with Gasteiger partial charge in [-0.15, -0.1) is 0 Å². The molecular formula is C24H19N5. The van der Waals surface area contributed by atoms with E-state index in [0.29, 0.717) is 0 Å². The number of fused-ring (bicyclic) bond motifs is 4. The number of nitrogens with zero attached hydrogens (tertiary/aromatic N) is 4. The Morgan fingerprint density at radius 1 is 0.862 bits per heavy atom. The van der Waals surface area contributed by atoms with Gasteiger partial charge in [-0.25, -0.2) is 9.97 Å². The average molecular weight is 377 g/mol. The summed E-state index contributed by atoms with van der Waals surface area (Å²) in [5.74, 6) is 1.71. The van der Waals surface area contributed by atoms with Crippen molar-refractivity contribution in [2.75, 3.05) is 11.4 Å². The monoisotopic (exact) mass is 377 g/mol. The molecular weight excluding hydrogens is 358 g/mol. The van der Waals surface area contributed by atoms with Crippen LogP contribution in [0.15, 0.2) is 73.1 Å². The van der Waals surface area contributed by atoms with Gasteiger partial charge in [0.05, 0.1) is 5.52 Å². The van der Waals surface area contributed by atoms with Crippen molar-refractivity contribution < 1.29 is 0 Å². The number of benzene rings is 2. The van der Waals surface area contributed by atoms with Gasteiger partial charge in [0, 0.05) is 65.0 Å². The number of nitrogens with one attached hydrogen (secondary N) is 1. The molecule has 0 spiro atoms. The van der Waals surface area contributed by atoms with Crippen molar-refractivity contribution in [1.29, 1.82) is 0 Å². The number of pyridine rings is 1. The molecule has 140 valence electrons. The topological polar surface area (TPSA) is 57.7 Å². The summed E-state index contributed by atoms with van der Waals surface area (Å²) < 4.78 is 0. The number of H-pyrrole nitrogens is 1. The maximum Gasteiger partial charge on any atom is 0.163 e. The number of rotatable bonds is 2. The lowest BCUT2D eigenvalue weighted by atomic mass is 10.0. The van der Waals surface area contributed by atoms with Gasteiger partial charge >= 0.3 is 0 Å². The molecule has 0 saturated carbocycles. The molecule has 2 aromatic carbocycles. The molecule has 5 heteroatoms. The first-order valence-corrected chi connectivity index (χ1v) is 9.87. The van der Waals surface area contributed by atoms with Gasteiger partial charge in [0.1, 0.15) is 5.82 Å². The van der Waals surface area contributed by atoms with E-state index in [4.69, 9.17) is 9.97 Å². The molecule has 0 aliphatic carbocycles. The van der Waals surface area contributed by atoms with E-state index in [1.807, 2.05) is 24.4 Å². The molecule has 0 atom stereocenters. The maximum absolute atomic E-state index is 5.00. The van der Waals surface area contributed by atoms with Crippen LogP contribution in [0.3, 0.4) is 0 Å². The fraction of sp³-hybridized carbons (Fsp3) is 0.125. The number of aromatic amines is 1. The highest BCUT2D eigenvalue weighted by Crippen LogP contribution is 2.33. The Kier molecular flexibility index (Phi) is 3.59. The summed E-state index contributed by atoms with van der Waals surface area (Å²) in [5.41, 5.74) is 5.82. The average Bonchev–Trinajstić information content (AvgIpc) is 3.17. The molecule has 5 nitrogen and oxygen atoms in total. The molecule has 0 amide bonds. The predicted octanol–water partition coefficient (Wildman–Crippen LogP) is 4.74. The normalized spacial score (nSPS) is 13.7.